The van der Waals surface area contributed by atoms with E-state index in [1.165, 1.54) is 11.0 Å². The Kier molecular flexibility index (Phi) is 4.64. The summed E-state index contributed by atoms with van der Waals surface area (Å²) in [6.07, 6.45) is 0.918. The molecule has 0 spiro atoms. The maximum Gasteiger partial charge on any atom is 0.534 e. The third kappa shape index (κ3) is 3.32. The summed E-state index contributed by atoms with van der Waals surface area (Å²) in [5.41, 5.74) is -5.71. The predicted octanol–water partition coefficient (Wildman–Crippen LogP) is 1.31. The lowest BCUT2D eigenvalue weighted by molar-refractivity contribution is -0.135. The van der Waals surface area contributed by atoms with Crippen LogP contribution in [0.2, 0.25) is 0 Å². The van der Waals surface area contributed by atoms with Gasteiger partial charge in [0.2, 0.25) is 12.3 Å². The molecule has 0 unspecified atom stereocenters. The third-order valence-electron chi connectivity index (χ3n) is 4.97. The van der Waals surface area contributed by atoms with E-state index in [2.05, 4.69) is 9.50 Å². The van der Waals surface area contributed by atoms with Gasteiger partial charge in [0.1, 0.15) is 5.75 Å². The van der Waals surface area contributed by atoms with E-state index in [1.54, 1.807) is 6.92 Å². The van der Waals surface area contributed by atoms with Crippen LogP contribution in [-0.4, -0.2) is 42.6 Å². The number of hydrogen-bond acceptors (Lipinski definition) is 6. The van der Waals surface area contributed by atoms with Crippen molar-refractivity contribution in [2.75, 3.05) is 0 Å². The minimum absolute atomic E-state index is 0.0388. The van der Waals surface area contributed by atoms with Gasteiger partial charge in [-0.25, -0.2) is 0 Å². The molecule has 3 rings (SSSR count). The standard InChI is InChI=1S/C16H15F3N2O6S/c1-15(5-10(6-15)13(23)20-8-22)21-7-9-2-3-11(4-12(9)14(21)24)27-28(25,26)16(17,18)19/h2-4,8,10H,5-7H2,1H3,(H,20,22,23). The monoisotopic (exact) mass is 420 g/mol. The topological polar surface area (TPSA) is 110 Å². The van der Waals surface area contributed by atoms with Crippen LogP contribution in [-0.2, 0) is 26.3 Å². The summed E-state index contributed by atoms with van der Waals surface area (Å²) in [6.45, 7) is 1.92. The molecule has 1 aromatic rings. The van der Waals surface area contributed by atoms with Gasteiger partial charge < -0.3 is 9.08 Å². The van der Waals surface area contributed by atoms with Gasteiger partial charge in [0.15, 0.2) is 0 Å². The van der Waals surface area contributed by atoms with Crippen LogP contribution in [0.3, 0.4) is 0 Å². The molecule has 12 heteroatoms. The van der Waals surface area contributed by atoms with Crippen LogP contribution < -0.4 is 9.50 Å². The maximum absolute atomic E-state index is 12.7. The van der Waals surface area contributed by atoms with Gasteiger partial charge in [-0.15, -0.1) is 0 Å². The molecular formula is C16H15F3N2O6S. The first-order chi connectivity index (χ1) is 12.9. The van der Waals surface area contributed by atoms with E-state index in [4.69, 9.17) is 0 Å². The largest absolute Gasteiger partial charge is 0.534 e. The molecule has 3 amide bonds. The molecule has 1 aliphatic carbocycles. The van der Waals surface area contributed by atoms with E-state index in [9.17, 15) is 36.0 Å². The molecule has 1 aliphatic heterocycles. The Balaban J connectivity index is 1.76. The van der Waals surface area contributed by atoms with Crippen molar-refractivity contribution in [3.05, 3.63) is 29.3 Å². The summed E-state index contributed by atoms with van der Waals surface area (Å²) >= 11 is 0. The van der Waals surface area contributed by atoms with Gasteiger partial charge in [-0.1, -0.05) is 6.07 Å². The Morgan fingerprint density at radius 2 is 2.00 bits per heavy atom. The second-order valence-electron chi connectivity index (χ2n) is 6.92. The summed E-state index contributed by atoms with van der Waals surface area (Å²) in [5, 5.41) is 2.06. The van der Waals surface area contributed by atoms with E-state index in [0.29, 0.717) is 18.4 Å². The number of hydrogen-bond donors (Lipinski definition) is 1. The zero-order chi connectivity index (χ0) is 20.9. The highest BCUT2D eigenvalue weighted by atomic mass is 32.2. The highest BCUT2D eigenvalue weighted by Crippen LogP contribution is 2.46. The van der Waals surface area contributed by atoms with E-state index in [-0.39, 0.29) is 18.5 Å². The Labute approximate surface area is 157 Å². The zero-order valence-electron chi connectivity index (χ0n) is 14.4. The predicted molar refractivity (Wildman–Crippen MR) is 87.3 cm³/mol. The average molecular weight is 420 g/mol. The van der Waals surface area contributed by atoms with Crippen molar-refractivity contribution in [2.45, 2.75) is 37.4 Å². The first-order valence-corrected chi connectivity index (χ1v) is 9.48. The Hall–Kier alpha value is -2.63. The van der Waals surface area contributed by atoms with E-state index >= 15 is 0 Å². The number of benzene rings is 1. The van der Waals surface area contributed by atoms with Gasteiger partial charge in [-0.2, -0.15) is 21.6 Å². The van der Waals surface area contributed by atoms with Crippen molar-refractivity contribution in [1.29, 1.82) is 0 Å². The van der Waals surface area contributed by atoms with Gasteiger partial charge in [-0.05, 0) is 37.5 Å². The van der Waals surface area contributed by atoms with Crippen molar-refractivity contribution >= 4 is 28.3 Å². The molecule has 0 bridgehead atoms. The molecule has 0 radical (unpaired) electrons. The molecule has 28 heavy (non-hydrogen) atoms. The van der Waals surface area contributed by atoms with Gasteiger partial charge in [-0.3, -0.25) is 19.7 Å². The summed E-state index contributed by atoms with van der Waals surface area (Å²) in [7, 11) is -5.84. The number of nitrogens with one attached hydrogen (secondary N) is 1. The number of rotatable bonds is 5. The molecule has 1 N–H and O–H groups in total. The lowest BCUT2D eigenvalue weighted by atomic mass is 9.68. The van der Waals surface area contributed by atoms with Gasteiger partial charge in [0.05, 0.1) is 0 Å². The molecule has 152 valence electrons. The van der Waals surface area contributed by atoms with E-state index < -0.39 is 44.6 Å². The van der Waals surface area contributed by atoms with Crippen LogP contribution >= 0.6 is 0 Å². The normalized spacial score (nSPS) is 24.4. The summed E-state index contributed by atoms with van der Waals surface area (Å²) in [6, 6.07) is 3.33. The number of imide groups is 1. The second-order valence-corrected chi connectivity index (χ2v) is 8.46. The number of nitrogens with zero attached hydrogens (tertiary/aromatic N) is 1. The number of fused-ring (bicyclic) bond motifs is 1. The molecule has 2 aliphatic rings. The van der Waals surface area contributed by atoms with Crippen LogP contribution in [0, 0.1) is 5.92 Å². The molecule has 1 heterocycles. The molecular weight excluding hydrogens is 405 g/mol. The molecule has 0 atom stereocenters. The van der Waals surface area contributed by atoms with Crippen molar-refractivity contribution in [2.24, 2.45) is 5.92 Å². The van der Waals surface area contributed by atoms with Crippen molar-refractivity contribution in [3.63, 3.8) is 0 Å². The highest BCUT2D eigenvalue weighted by Gasteiger charge is 2.52. The van der Waals surface area contributed by atoms with Crippen LogP contribution in [0.5, 0.6) is 5.75 Å². The average Bonchev–Trinajstić information content (AvgIpc) is 2.88. The summed E-state index contributed by atoms with van der Waals surface area (Å²) in [5.74, 6) is -1.98. The molecule has 1 saturated carbocycles. The Morgan fingerprint density at radius 1 is 1.36 bits per heavy atom. The Bertz CT molecular complexity index is 954. The van der Waals surface area contributed by atoms with Crippen LogP contribution in [0.25, 0.3) is 0 Å². The lowest BCUT2D eigenvalue weighted by Gasteiger charge is -2.50. The fraction of sp³-hybridized carbons (Fsp3) is 0.438. The smallest absolute Gasteiger partial charge is 0.376 e. The first-order valence-electron chi connectivity index (χ1n) is 8.08. The number of halogens is 3. The maximum atomic E-state index is 12.7. The number of amides is 3. The number of alkyl halides is 3. The second kappa shape index (κ2) is 6.47. The quantitative estimate of drug-likeness (QED) is 0.437. The van der Waals surface area contributed by atoms with Crippen LogP contribution in [0.15, 0.2) is 18.2 Å². The minimum Gasteiger partial charge on any atom is -0.376 e. The minimum atomic E-state index is -5.84. The summed E-state index contributed by atoms with van der Waals surface area (Å²) in [4.78, 5) is 36.2. The fourth-order valence-corrected chi connectivity index (χ4v) is 3.98. The first kappa shape index (κ1) is 20.1. The van der Waals surface area contributed by atoms with Gasteiger partial charge >= 0.3 is 15.6 Å². The number of carbonyl (C=O) groups is 3. The van der Waals surface area contributed by atoms with Gasteiger partial charge in [0.25, 0.3) is 5.91 Å². The molecule has 1 fully saturated rings. The summed E-state index contributed by atoms with van der Waals surface area (Å²) < 4.78 is 63.7. The van der Waals surface area contributed by atoms with E-state index in [1.807, 2.05) is 0 Å². The molecule has 0 saturated heterocycles. The fourth-order valence-electron chi connectivity index (χ4n) is 3.53. The Morgan fingerprint density at radius 3 is 2.57 bits per heavy atom. The van der Waals surface area contributed by atoms with Crippen molar-refractivity contribution in [3.8, 4) is 5.75 Å². The molecule has 1 aromatic carbocycles. The SMILES string of the molecule is CC1(N2Cc3ccc(OS(=O)(=O)C(F)(F)F)cc3C2=O)CC(C(=O)NC=O)C1. The van der Waals surface area contributed by atoms with Crippen molar-refractivity contribution < 1.29 is 40.2 Å². The zero-order valence-corrected chi connectivity index (χ0v) is 15.3. The lowest BCUT2D eigenvalue weighted by Crippen LogP contribution is -2.58. The van der Waals surface area contributed by atoms with Crippen molar-refractivity contribution in [1.82, 2.24) is 10.2 Å². The van der Waals surface area contributed by atoms with Gasteiger partial charge in [0, 0.05) is 23.6 Å². The molecule has 0 aromatic heterocycles. The van der Waals surface area contributed by atoms with Crippen LogP contribution in [0.4, 0.5) is 13.2 Å². The van der Waals surface area contributed by atoms with E-state index in [0.717, 1.165) is 12.1 Å². The third-order valence-corrected chi connectivity index (χ3v) is 5.95. The highest BCUT2D eigenvalue weighted by molar-refractivity contribution is 7.88. The number of carbonyl (C=O) groups excluding carboxylic acids is 3. The van der Waals surface area contributed by atoms with Crippen LogP contribution in [0.1, 0.15) is 35.7 Å². The molecule has 8 nitrogen and oxygen atoms in total.